The van der Waals surface area contributed by atoms with E-state index < -0.39 is 61.3 Å². The van der Waals surface area contributed by atoms with Crippen molar-refractivity contribution in [3.8, 4) is 0 Å². The van der Waals surface area contributed by atoms with Gasteiger partial charge in [-0.15, -0.1) is 0 Å². The maximum Gasteiger partial charge on any atom is 0.412 e. The molecule has 0 radical (unpaired) electrons. The molecule has 0 saturated carbocycles. The van der Waals surface area contributed by atoms with Gasteiger partial charge in [-0.2, -0.15) is 0 Å². The lowest BCUT2D eigenvalue weighted by Crippen LogP contribution is -2.63. The Hall–Kier alpha value is -5.70. The van der Waals surface area contributed by atoms with E-state index >= 15 is 0 Å². The van der Waals surface area contributed by atoms with Crippen LogP contribution in [-0.4, -0.2) is 90.1 Å². The lowest BCUT2D eigenvalue weighted by molar-refractivity contribution is -0.291. The van der Waals surface area contributed by atoms with Crippen LogP contribution in [0.3, 0.4) is 0 Å². The van der Waals surface area contributed by atoms with Gasteiger partial charge in [-0.3, -0.25) is 5.32 Å². The van der Waals surface area contributed by atoms with Gasteiger partial charge in [-0.1, -0.05) is 36.4 Å². The van der Waals surface area contributed by atoms with Crippen LogP contribution in [0.15, 0.2) is 84.9 Å². The lowest BCUT2D eigenvalue weighted by atomic mass is 9.98. The maximum atomic E-state index is 13.6. The minimum Gasteiger partial charge on any atom is -0.462 e. The first-order valence-corrected chi connectivity index (χ1v) is 15.4. The molecule has 1 aliphatic heterocycles. The van der Waals surface area contributed by atoms with Crippen molar-refractivity contribution in [1.29, 1.82) is 0 Å². The highest BCUT2D eigenvalue weighted by Crippen LogP contribution is 2.31. The maximum absolute atomic E-state index is 13.6. The Bertz CT molecular complexity index is 1900. The van der Waals surface area contributed by atoms with Gasteiger partial charge in [0, 0.05) is 34.6 Å². The Morgan fingerprint density at radius 1 is 0.755 bits per heavy atom. The fourth-order valence-electron chi connectivity index (χ4n) is 5.53. The topological polar surface area (TPSA) is 187 Å². The fraction of sp³-hybridized carbons (Fsp3) is 0.257. The summed E-state index contributed by atoms with van der Waals surface area (Å²) in [5, 5.41) is 14.3. The van der Waals surface area contributed by atoms with Crippen LogP contribution in [0.4, 0.5) is 10.5 Å². The summed E-state index contributed by atoms with van der Waals surface area (Å²) >= 11 is 0. The van der Waals surface area contributed by atoms with E-state index in [1.165, 1.54) is 31.4 Å². The number of esters is 3. The molecule has 0 spiro atoms. The molecule has 3 aromatic carbocycles. The summed E-state index contributed by atoms with van der Waals surface area (Å²) < 4.78 is 33.8. The Balaban J connectivity index is 1.29. The summed E-state index contributed by atoms with van der Waals surface area (Å²) in [5.74, 6) is -2.21. The number of amides is 1. The molecule has 49 heavy (non-hydrogen) atoms. The predicted molar refractivity (Wildman–Crippen MR) is 174 cm³/mol. The third kappa shape index (κ3) is 7.26. The van der Waals surface area contributed by atoms with Crippen molar-refractivity contribution in [1.82, 2.24) is 9.97 Å². The first-order chi connectivity index (χ1) is 23.8. The molecule has 14 nitrogen and oxygen atoms in total. The van der Waals surface area contributed by atoms with E-state index in [0.717, 1.165) is 10.8 Å². The Kier molecular flexibility index (Phi) is 9.89. The van der Waals surface area contributed by atoms with Crippen molar-refractivity contribution >= 4 is 51.5 Å². The van der Waals surface area contributed by atoms with Crippen molar-refractivity contribution in [2.75, 3.05) is 25.6 Å². The second-order valence-electron chi connectivity index (χ2n) is 11.0. The van der Waals surface area contributed by atoms with Gasteiger partial charge in [0.05, 0.1) is 18.8 Å². The molecule has 5 atom stereocenters. The van der Waals surface area contributed by atoms with Gasteiger partial charge in [0.25, 0.3) is 0 Å². The second-order valence-corrected chi connectivity index (χ2v) is 11.0. The van der Waals surface area contributed by atoms with Crippen LogP contribution >= 0.6 is 0 Å². The summed E-state index contributed by atoms with van der Waals surface area (Å²) in [6.45, 7) is 1.20. The Morgan fingerprint density at radius 3 is 1.86 bits per heavy atom. The number of aromatic amines is 2. The predicted octanol–water partition coefficient (Wildman–Crippen LogP) is 4.56. The van der Waals surface area contributed by atoms with Gasteiger partial charge in [0.15, 0.2) is 24.6 Å². The van der Waals surface area contributed by atoms with Crippen molar-refractivity contribution in [3.05, 3.63) is 102 Å². The summed E-state index contributed by atoms with van der Waals surface area (Å²) in [5.41, 5.74) is 2.07. The molecular weight excluding hydrogens is 638 g/mol. The van der Waals surface area contributed by atoms with Crippen molar-refractivity contribution in [2.24, 2.45) is 0 Å². The monoisotopic (exact) mass is 671 g/mol. The zero-order valence-electron chi connectivity index (χ0n) is 26.4. The van der Waals surface area contributed by atoms with E-state index in [4.69, 9.17) is 28.4 Å². The SMILES string of the molecule is CCOC(=O)c1ccc(NC(=O)O[C@H]2[C@H](OC(=O)c3cc4ccccc4[nH]3)[C@@H](OC(=O)c3cc4ccccc4[nH]3)[C@@H](OC)O[C@@H]2CO)cc1. The second kappa shape index (κ2) is 14.6. The molecule has 6 rings (SSSR count). The van der Waals surface area contributed by atoms with Gasteiger partial charge in [-0.25, -0.2) is 19.2 Å². The van der Waals surface area contributed by atoms with E-state index in [1.54, 1.807) is 49.4 Å². The zero-order chi connectivity index (χ0) is 34.5. The molecule has 1 saturated heterocycles. The van der Waals surface area contributed by atoms with Crippen LogP contribution in [0.5, 0.6) is 0 Å². The fourth-order valence-corrected chi connectivity index (χ4v) is 5.53. The number of carbonyl (C=O) groups excluding carboxylic acids is 4. The molecule has 3 heterocycles. The van der Waals surface area contributed by atoms with Crippen molar-refractivity contribution in [2.45, 2.75) is 37.6 Å². The average Bonchev–Trinajstić information content (AvgIpc) is 3.75. The van der Waals surface area contributed by atoms with Crippen LogP contribution in [0, 0.1) is 0 Å². The summed E-state index contributed by atoms with van der Waals surface area (Å²) in [6.07, 6.45) is -8.13. The van der Waals surface area contributed by atoms with Crippen LogP contribution in [0.2, 0.25) is 0 Å². The first kappa shape index (κ1) is 33.2. The smallest absolute Gasteiger partial charge is 0.412 e. The van der Waals surface area contributed by atoms with Gasteiger partial charge in [0.2, 0.25) is 0 Å². The highest BCUT2D eigenvalue weighted by molar-refractivity contribution is 5.96. The molecular formula is C35H33N3O11. The number of para-hydroxylation sites is 2. The first-order valence-electron chi connectivity index (χ1n) is 15.4. The molecule has 254 valence electrons. The summed E-state index contributed by atoms with van der Waals surface area (Å²) in [7, 11) is 1.29. The normalized spacial score (nSPS) is 20.4. The third-order valence-corrected chi connectivity index (χ3v) is 7.88. The third-order valence-electron chi connectivity index (χ3n) is 7.88. The Morgan fingerprint density at radius 2 is 1.33 bits per heavy atom. The highest BCUT2D eigenvalue weighted by Gasteiger charge is 2.53. The van der Waals surface area contributed by atoms with Crippen LogP contribution in [0.1, 0.15) is 38.3 Å². The average molecular weight is 672 g/mol. The van der Waals surface area contributed by atoms with Crippen LogP contribution in [0.25, 0.3) is 21.8 Å². The number of aliphatic hydroxyl groups is 1. The number of hydrogen-bond donors (Lipinski definition) is 4. The molecule has 1 aliphatic rings. The molecule has 5 aromatic rings. The van der Waals surface area contributed by atoms with E-state index in [2.05, 4.69) is 15.3 Å². The number of benzene rings is 3. The molecule has 1 amide bonds. The number of nitrogens with one attached hydrogen (secondary N) is 3. The van der Waals surface area contributed by atoms with Gasteiger partial charge in [-0.05, 0) is 55.5 Å². The van der Waals surface area contributed by atoms with E-state index in [0.29, 0.717) is 11.0 Å². The molecule has 0 unspecified atom stereocenters. The molecule has 4 N–H and O–H groups in total. The van der Waals surface area contributed by atoms with E-state index in [9.17, 15) is 24.3 Å². The molecule has 0 aliphatic carbocycles. The standard InChI is InChI=1S/C35H33N3O11/c1-3-45-31(40)19-12-14-22(15-13-19)36-35(43)49-28-27(18-39)46-34(44-2)30(48-33(42)26-17-21-9-5-7-11-24(21)38-26)29(28)47-32(41)25-16-20-8-4-6-10-23(20)37-25/h4-17,27-30,34,37-39H,3,18H2,1-2H3,(H,36,43)/t27-,28-,29+,30-,34+/m1/s1. The number of aromatic nitrogens is 2. The number of aliphatic hydroxyl groups excluding tert-OH is 1. The molecule has 1 fully saturated rings. The van der Waals surface area contributed by atoms with Gasteiger partial charge < -0.3 is 43.5 Å². The van der Waals surface area contributed by atoms with Crippen LogP contribution < -0.4 is 5.32 Å². The Labute approximate surface area is 279 Å². The quantitative estimate of drug-likeness (QED) is 0.120. The number of fused-ring (bicyclic) bond motifs is 2. The lowest BCUT2D eigenvalue weighted by Gasteiger charge is -2.43. The minimum atomic E-state index is -1.53. The number of methoxy groups -OCH3 is 1. The minimum absolute atomic E-state index is 0.0767. The molecule has 14 heteroatoms. The van der Waals surface area contributed by atoms with Crippen molar-refractivity contribution < 1.29 is 52.7 Å². The number of rotatable bonds is 10. The van der Waals surface area contributed by atoms with Crippen LogP contribution in [-0.2, 0) is 28.4 Å². The van der Waals surface area contributed by atoms with Gasteiger partial charge in [0.1, 0.15) is 17.5 Å². The number of ether oxygens (including phenoxy) is 6. The van der Waals surface area contributed by atoms with E-state index in [1.807, 2.05) is 18.2 Å². The molecule has 0 bridgehead atoms. The number of hydrogen-bond acceptors (Lipinski definition) is 11. The van der Waals surface area contributed by atoms with Crippen molar-refractivity contribution in [3.63, 3.8) is 0 Å². The summed E-state index contributed by atoms with van der Waals surface area (Å²) in [6, 6.07) is 23.5. The van der Waals surface area contributed by atoms with Gasteiger partial charge >= 0.3 is 24.0 Å². The largest absolute Gasteiger partial charge is 0.462 e. The number of H-pyrrole nitrogens is 2. The highest BCUT2D eigenvalue weighted by atomic mass is 16.7. The number of carbonyl (C=O) groups is 4. The zero-order valence-corrected chi connectivity index (χ0v) is 26.4. The van der Waals surface area contributed by atoms with E-state index in [-0.39, 0.29) is 29.2 Å². The summed E-state index contributed by atoms with van der Waals surface area (Å²) in [4.78, 5) is 58.3. The number of anilines is 1. The molecule has 2 aromatic heterocycles.